The summed E-state index contributed by atoms with van der Waals surface area (Å²) in [5.41, 5.74) is 3.68. The molecule has 1 amide bonds. The Bertz CT molecular complexity index is 1160. The Morgan fingerprint density at radius 3 is 2.53 bits per heavy atom. The van der Waals surface area contributed by atoms with Gasteiger partial charge in [0.2, 0.25) is 10.9 Å². The Labute approximate surface area is 176 Å². The fraction of sp³-hybridized carbons (Fsp3) is 0.182. The van der Waals surface area contributed by atoms with E-state index in [-0.39, 0.29) is 11.9 Å². The highest BCUT2D eigenvalue weighted by Gasteiger charge is 2.35. The first-order chi connectivity index (χ1) is 14.4. The van der Waals surface area contributed by atoms with Crippen molar-refractivity contribution in [1.82, 2.24) is 5.01 Å². The fourth-order valence-corrected chi connectivity index (χ4v) is 3.77. The van der Waals surface area contributed by atoms with Crippen LogP contribution in [-0.4, -0.2) is 32.1 Å². The number of nitrogens with zero attached hydrogens (tertiary/aromatic N) is 3. The van der Waals surface area contributed by atoms with E-state index in [0.29, 0.717) is 23.4 Å². The van der Waals surface area contributed by atoms with Gasteiger partial charge in [-0.05, 0) is 48.9 Å². The van der Waals surface area contributed by atoms with Crippen LogP contribution >= 0.6 is 0 Å². The molecule has 2 heterocycles. The average molecular weight is 423 g/mol. The number of rotatable bonds is 5. The standard InChI is InChI=1S/C22H21N3O4S/c1-15-5-3-6-17(13-15)22(26)25-20(21-7-4-12-29-21)14-19(23-25)16-8-10-18(11-9-16)24(2)30(27)28/h3-13,20,30H,14H2,1-2H3. The molecule has 8 heteroatoms. The molecule has 7 nitrogen and oxygen atoms in total. The van der Waals surface area contributed by atoms with Crippen molar-refractivity contribution in [3.05, 3.63) is 89.4 Å². The molecule has 30 heavy (non-hydrogen) atoms. The van der Waals surface area contributed by atoms with Crippen LogP contribution in [0.2, 0.25) is 0 Å². The van der Waals surface area contributed by atoms with E-state index in [0.717, 1.165) is 16.8 Å². The van der Waals surface area contributed by atoms with Gasteiger partial charge in [0.15, 0.2) is 0 Å². The molecule has 1 aliphatic rings. The Hall–Kier alpha value is -3.39. The maximum atomic E-state index is 13.2. The molecule has 0 saturated heterocycles. The normalized spacial score (nSPS) is 16.0. The van der Waals surface area contributed by atoms with Crippen LogP contribution in [-0.2, 0) is 10.9 Å². The molecule has 2 aromatic carbocycles. The summed E-state index contributed by atoms with van der Waals surface area (Å²) >= 11 is 0. The van der Waals surface area contributed by atoms with Gasteiger partial charge < -0.3 is 4.42 Å². The minimum absolute atomic E-state index is 0.199. The molecule has 1 aromatic heterocycles. The number of thiol groups is 1. The van der Waals surface area contributed by atoms with E-state index >= 15 is 0 Å². The number of amides is 1. The summed E-state index contributed by atoms with van der Waals surface area (Å²) in [7, 11) is -1.21. The highest BCUT2D eigenvalue weighted by molar-refractivity contribution is 7.74. The second-order valence-corrected chi connectivity index (χ2v) is 8.19. The third-order valence-electron chi connectivity index (χ3n) is 5.07. The largest absolute Gasteiger partial charge is 0.467 e. The third kappa shape index (κ3) is 3.86. The molecule has 0 bridgehead atoms. The van der Waals surface area contributed by atoms with Crippen LogP contribution in [0.4, 0.5) is 5.69 Å². The number of carbonyl (C=O) groups excluding carboxylic acids is 1. The van der Waals surface area contributed by atoms with Crippen molar-refractivity contribution in [3.8, 4) is 0 Å². The molecule has 1 aliphatic heterocycles. The Kier molecular flexibility index (Phi) is 5.41. The molecule has 0 radical (unpaired) electrons. The van der Waals surface area contributed by atoms with Crippen LogP contribution in [0.15, 0.2) is 76.4 Å². The first kappa shape index (κ1) is 19.9. The topological polar surface area (TPSA) is 83.2 Å². The number of carbonyl (C=O) groups is 1. The van der Waals surface area contributed by atoms with E-state index in [4.69, 9.17) is 4.42 Å². The monoisotopic (exact) mass is 423 g/mol. The zero-order valence-electron chi connectivity index (χ0n) is 16.6. The Morgan fingerprint density at radius 1 is 1.13 bits per heavy atom. The zero-order chi connectivity index (χ0) is 21.3. The second kappa shape index (κ2) is 8.16. The molecule has 4 rings (SSSR count). The number of benzene rings is 2. The Balaban J connectivity index is 1.67. The first-order valence-electron chi connectivity index (χ1n) is 9.43. The number of aryl methyl sites for hydroxylation is 1. The van der Waals surface area contributed by atoms with E-state index in [9.17, 15) is 13.2 Å². The minimum Gasteiger partial charge on any atom is -0.467 e. The van der Waals surface area contributed by atoms with Gasteiger partial charge in [0.05, 0.1) is 17.7 Å². The smallest absolute Gasteiger partial charge is 0.274 e. The highest BCUT2D eigenvalue weighted by Crippen LogP contribution is 2.34. The van der Waals surface area contributed by atoms with E-state index in [1.165, 1.54) is 16.4 Å². The van der Waals surface area contributed by atoms with Gasteiger partial charge in [0.25, 0.3) is 5.91 Å². The van der Waals surface area contributed by atoms with Crippen molar-refractivity contribution in [2.75, 3.05) is 11.4 Å². The van der Waals surface area contributed by atoms with Crippen molar-refractivity contribution in [2.24, 2.45) is 5.10 Å². The van der Waals surface area contributed by atoms with Gasteiger partial charge in [0.1, 0.15) is 11.8 Å². The lowest BCUT2D eigenvalue weighted by atomic mass is 10.0. The van der Waals surface area contributed by atoms with Crippen LogP contribution in [0.5, 0.6) is 0 Å². The van der Waals surface area contributed by atoms with Crippen LogP contribution < -0.4 is 4.31 Å². The van der Waals surface area contributed by atoms with Crippen molar-refractivity contribution < 1.29 is 17.6 Å². The lowest BCUT2D eigenvalue weighted by molar-refractivity contribution is 0.0692. The fourth-order valence-electron chi connectivity index (χ4n) is 3.45. The minimum atomic E-state index is -2.70. The molecular formula is C22H21N3O4S. The molecule has 0 N–H and O–H groups in total. The van der Waals surface area contributed by atoms with E-state index in [1.807, 2.05) is 43.3 Å². The van der Waals surface area contributed by atoms with E-state index < -0.39 is 10.9 Å². The maximum absolute atomic E-state index is 13.2. The number of hydrogen-bond acceptors (Lipinski definition) is 5. The van der Waals surface area contributed by atoms with Gasteiger partial charge in [-0.2, -0.15) is 5.10 Å². The van der Waals surface area contributed by atoms with Crippen molar-refractivity contribution in [3.63, 3.8) is 0 Å². The van der Waals surface area contributed by atoms with Gasteiger partial charge in [-0.3, -0.25) is 9.10 Å². The summed E-state index contributed by atoms with van der Waals surface area (Å²) in [6.07, 6.45) is 2.08. The highest BCUT2D eigenvalue weighted by atomic mass is 32.2. The summed E-state index contributed by atoms with van der Waals surface area (Å²) in [5, 5.41) is 6.09. The van der Waals surface area contributed by atoms with Crippen molar-refractivity contribution >= 4 is 28.2 Å². The van der Waals surface area contributed by atoms with E-state index in [1.54, 1.807) is 30.5 Å². The number of furan rings is 1. The predicted octanol–water partition coefficient (Wildman–Crippen LogP) is 3.54. The molecule has 0 saturated carbocycles. The molecule has 0 fully saturated rings. The summed E-state index contributed by atoms with van der Waals surface area (Å²) in [6.45, 7) is 1.94. The van der Waals surface area contributed by atoms with E-state index in [2.05, 4.69) is 5.10 Å². The molecule has 0 aliphatic carbocycles. The molecule has 154 valence electrons. The van der Waals surface area contributed by atoms with Gasteiger partial charge in [-0.15, -0.1) is 0 Å². The SMILES string of the molecule is Cc1cccc(C(=O)N2N=C(c3ccc(N(C)[SH](=O)=O)cc3)CC2c2ccco2)c1. The summed E-state index contributed by atoms with van der Waals surface area (Å²) in [6, 6.07) is 17.7. The molecule has 1 unspecified atom stereocenters. The summed E-state index contributed by atoms with van der Waals surface area (Å²) < 4.78 is 29.1. The number of anilines is 1. The maximum Gasteiger partial charge on any atom is 0.274 e. The van der Waals surface area contributed by atoms with Crippen molar-refractivity contribution in [2.45, 2.75) is 19.4 Å². The van der Waals surface area contributed by atoms with Gasteiger partial charge in [0, 0.05) is 19.0 Å². The third-order valence-corrected chi connectivity index (χ3v) is 5.80. The molecular weight excluding hydrogens is 402 g/mol. The summed E-state index contributed by atoms with van der Waals surface area (Å²) in [5.74, 6) is 0.462. The van der Waals surface area contributed by atoms with Gasteiger partial charge in [-0.25, -0.2) is 13.4 Å². The van der Waals surface area contributed by atoms with Gasteiger partial charge >= 0.3 is 0 Å². The zero-order valence-corrected chi connectivity index (χ0v) is 17.5. The Morgan fingerprint density at radius 2 is 1.90 bits per heavy atom. The van der Waals surface area contributed by atoms with Crippen LogP contribution in [0.1, 0.15) is 39.7 Å². The predicted molar refractivity (Wildman–Crippen MR) is 115 cm³/mol. The average Bonchev–Trinajstić information content (AvgIpc) is 3.42. The van der Waals surface area contributed by atoms with Crippen molar-refractivity contribution in [1.29, 1.82) is 0 Å². The van der Waals surface area contributed by atoms with Crippen LogP contribution in [0, 0.1) is 6.92 Å². The number of hydrazone groups is 1. The van der Waals surface area contributed by atoms with Crippen LogP contribution in [0.3, 0.4) is 0 Å². The molecule has 3 aromatic rings. The lowest BCUT2D eigenvalue weighted by Crippen LogP contribution is -2.26. The number of hydrogen-bond donors (Lipinski definition) is 1. The van der Waals surface area contributed by atoms with Gasteiger partial charge in [-0.1, -0.05) is 29.8 Å². The second-order valence-electron chi connectivity index (χ2n) is 7.11. The van der Waals surface area contributed by atoms with Crippen LogP contribution in [0.25, 0.3) is 0 Å². The molecule has 0 spiro atoms. The molecule has 1 atom stereocenters. The quantitative estimate of drug-likeness (QED) is 0.637. The summed E-state index contributed by atoms with van der Waals surface area (Å²) in [4.78, 5) is 13.2. The lowest BCUT2D eigenvalue weighted by Gasteiger charge is -2.20. The first-order valence-corrected chi connectivity index (χ1v) is 10.6.